The van der Waals surface area contributed by atoms with Crippen LogP contribution in [-0.2, 0) is 6.54 Å². The van der Waals surface area contributed by atoms with Crippen LogP contribution >= 0.6 is 0 Å². The first-order valence-corrected chi connectivity index (χ1v) is 6.35. The minimum atomic E-state index is 0.502. The summed E-state index contributed by atoms with van der Waals surface area (Å²) in [4.78, 5) is 4.45. The van der Waals surface area contributed by atoms with Gasteiger partial charge in [-0.25, -0.2) is 4.98 Å². The lowest BCUT2D eigenvalue weighted by atomic mass is 10.3. The number of hydrogen-bond acceptors (Lipinski definition) is 4. The third-order valence-corrected chi connectivity index (χ3v) is 3.29. The molecule has 5 heteroatoms. The van der Waals surface area contributed by atoms with Gasteiger partial charge in [-0.05, 0) is 18.2 Å². The Balaban J connectivity index is 1.76. The van der Waals surface area contributed by atoms with Crippen molar-refractivity contribution in [3.8, 4) is 0 Å². The van der Waals surface area contributed by atoms with Gasteiger partial charge in [0, 0.05) is 17.1 Å². The summed E-state index contributed by atoms with van der Waals surface area (Å²) in [6.07, 6.45) is 1.84. The van der Waals surface area contributed by atoms with E-state index in [-0.39, 0.29) is 0 Å². The largest absolute Gasteiger partial charge is 0.439 e. The highest BCUT2D eigenvalue weighted by Gasteiger charge is 2.09. The standard InChI is InChI=1S/C15H12N4O/c16-11-5-6-12-14(7-11)20-15(18-12)9-19-13-4-2-1-3-10(13)8-17-19/h1-8H,9,16H2. The fourth-order valence-electron chi connectivity index (χ4n) is 2.34. The zero-order chi connectivity index (χ0) is 13.5. The zero-order valence-corrected chi connectivity index (χ0v) is 10.7. The van der Waals surface area contributed by atoms with Gasteiger partial charge in [0.1, 0.15) is 12.1 Å². The Bertz CT molecular complexity index is 906. The Labute approximate surface area is 114 Å². The van der Waals surface area contributed by atoms with Crippen LogP contribution in [-0.4, -0.2) is 14.8 Å². The van der Waals surface area contributed by atoms with Crippen molar-refractivity contribution in [2.45, 2.75) is 6.54 Å². The topological polar surface area (TPSA) is 69.9 Å². The van der Waals surface area contributed by atoms with Crippen molar-refractivity contribution in [1.29, 1.82) is 0 Å². The number of nitrogens with two attached hydrogens (primary N) is 1. The first kappa shape index (κ1) is 11.0. The Kier molecular flexibility index (Phi) is 2.26. The number of para-hydroxylation sites is 1. The van der Waals surface area contributed by atoms with E-state index >= 15 is 0 Å². The van der Waals surface area contributed by atoms with Gasteiger partial charge in [0.25, 0.3) is 0 Å². The van der Waals surface area contributed by atoms with Crippen LogP contribution in [0.4, 0.5) is 5.69 Å². The highest BCUT2D eigenvalue weighted by Crippen LogP contribution is 2.20. The number of hydrogen-bond donors (Lipinski definition) is 1. The van der Waals surface area contributed by atoms with E-state index in [4.69, 9.17) is 10.2 Å². The van der Waals surface area contributed by atoms with Crippen molar-refractivity contribution < 1.29 is 4.42 Å². The summed E-state index contributed by atoms with van der Waals surface area (Å²) in [5.74, 6) is 0.624. The van der Waals surface area contributed by atoms with Crippen molar-refractivity contribution in [2.24, 2.45) is 0 Å². The molecule has 0 saturated heterocycles. The molecule has 0 aliphatic rings. The van der Waals surface area contributed by atoms with Gasteiger partial charge in [0.2, 0.25) is 5.89 Å². The maximum Gasteiger partial charge on any atom is 0.217 e. The van der Waals surface area contributed by atoms with Gasteiger partial charge in [-0.2, -0.15) is 5.10 Å². The number of anilines is 1. The number of nitrogens with zero attached hydrogens (tertiary/aromatic N) is 3. The van der Waals surface area contributed by atoms with Crippen molar-refractivity contribution in [1.82, 2.24) is 14.8 Å². The van der Waals surface area contributed by atoms with E-state index in [0.717, 1.165) is 16.4 Å². The fraction of sp³-hybridized carbons (Fsp3) is 0.0667. The molecule has 5 nitrogen and oxygen atoms in total. The monoisotopic (exact) mass is 264 g/mol. The van der Waals surface area contributed by atoms with Crippen LogP contribution in [0.25, 0.3) is 22.0 Å². The first-order chi connectivity index (χ1) is 9.79. The third-order valence-electron chi connectivity index (χ3n) is 3.29. The molecule has 0 radical (unpaired) electrons. The SMILES string of the molecule is Nc1ccc2nc(Cn3ncc4ccccc43)oc2c1. The molecule has 0 spiro atoms. The van der Waals surface area contributed by atoms with Gasteiger partial charge in [0.15, 0.2) is 5.58 Å². The van der Waals surface area contributed by atoms with Crippen molar-refractivity contribution in [3.05, 3.63) is 54.6 Å². The molecule has 0 atom stereocenters. The first-order valence-electron chi connectivity index (χ1n) is 6.35. The van der Waals surface area contributed by atoms with E-state index in [2.05, 4.69) is 10.1 Å². The highest BCUT2D eigenvalue weighted by atomic mass is 16.3. The molecule has 0 fully saturated rings. The van der Waals surface area contributed by atoms with Gasteiger partial charge >= 0.3 is 0 Å². The van der Waals surface area contributed by atoms with E-state index in [1.165, 1.54) is 0 Å². The second-order valence-corrected chi connectivity index (χ2v) is 4.70. The summed E-state index contributed by atoms with van der Waals surface area (Å²) in [6, 6.07) is 13.5. The van der Waals surface area contributed by atoms with Gasteiger partial charge in [-0.1, -0.05) is 18.2 Å². The van der Waals surface area contributed by atoms with E-state index in [1.807, 2.05) is 47.3 Å². The lowest BCUT2D eigenvalue weighted by Gasteiger charge is -1.99. The summed E-state index contributed by atoms with van der Waals surface area (Å²) in [5, 5.41) is 5.47. The molecule has 2 aromatic carbocycles. The normalized spacial score (nSPS) is 11.4. The smallest absolute Gasteiger partial charge is 0.217 e. The van der Waals surface area contributed by atoms with Crippen molar-refractivity contribution >= 4 is 27.7 Å². The molecule has 0 aliphatic heterocycles. The summed E-state index contributed by atoms with van der Waals surface area (Å²) in [5.41, 5.74) is 8.99. The summed E-state index contributed by atoms with van der Waals surface area (Å²) in [7, 11) is 0. The molecule has 0 bridgehead atoms. The van der Waals surface area contributed by atoms with E-state index < -0.39 is 0 Å². The Morgan fingerprint density at radius 3 is 3.00 bits per heavy atom. The molecule has 2 heterocycles. The lowest BCUT2D eigenvalue weighted by molar-refractivity contribution is 0.497. The quantitative estimate of drug-likeness (QED) is 0.565. The molecule has 20 heavy (non-hydrogen) atoms. The number of nitrogen functional groups attached to an aromatic ring is 1. The van der Waals surface area contributed by atoms with Gasteiger partial charge < -0.3 is 10.2 Å². The predicted molar refractivity (Wildman–Crippen MR) is 77.3 cm³/mol. The molecule has 0 saturated carbocycles. The van der Waals surface area contributed by atoms with E-state index in [1.54, 1.807) is 6.07 Å². The zero-order valence-electron chi connectivity index (χ0n) is 10.7. The van der Waals surface area contributed by atoms with Crippen molar-refractivity contribution in [2.75, 3.05) is 5.73 Å². The number of oxazole rings is 1. The van der Waals surface area contributed by atoms with E-state index in [9.17, 15) is 0 Å². The summed E-state index contributed by atoms with van der Waals surface area (Å²) in [6.45, 7) is 0.502. The number of fused-ring (bicyclic) bond motifs is 2. The van der Waals surface area contributed by atoms with Crippen molar-refractivity contribution in [3.63, 3.8) is 0 Å². The fourth-order valence-corrected chi connectivity index (χ4v) is 2.34. The number of benzene rings is 2. The second kappa shape index (κ2) is 4.09. The number of rotatable bonds is 2. The summed E-state index contributed by atoms with van der Waals surface area (Å²) < 4.78 is 7.60. The number of aromatic nitrogens is 3. The maximum absolute atomic E-state index is 5.74. The van der Waals surface area contributed by atoms with Crippen LogP contribution in [0.3, 0.4) is 0 Å². The lowest BCUT2D eigenvalue weighted by Crippen LogP contribution is -2.01. The molecule has 0 aliphatic carbocycles. The molecule has 2 aromatic heterocycles. The van der Waals surface area contributed by atoms with Gasteiger partial charge in [0.05, 0.1) is 11.7 Å². The third kappa shape index (κ3) is 1.72. The van der Waals surface area contributed by atoms with Gasteiger partial charge in [-0.3, -0.25) is 4.68 Å². The molecule has 0 amide bonds. The molecular formula is C15H12N4O. The minimum Gasteiger partial charge on any atom is -0.439 e. The van der Waals surface area contributed by atoms with E-state index in [0.29, 0.717) is 23.7 Å². The van der Waals surface area contributed by atoms with Gasteiger partial charge in [-0.15, -0.1) is 0 Å². The maximum atomic E-state index is 5.74. The van der Waals surface area contributed by atoms with Crippen LogP contribution < -0.4 is 5.73 Å². The predicted octanol–water partition coefficient (Wildman–Crippen LogP) is 2.81. The summed E-state index contributed by atoms with van der Waals surface area (Å²) >= 11 is 0. The molecule has 98 valence electrons. The minimum absolute atomic E-state index is 0.502. The average Bonchev–Trinajstić information content (AvgIpc) is 3.03. The Morgan fingerprint density at radius 2 is 2.05 bits per heavy atom. The second-order valence-electron chi connectivity index (χ2n) is 4.70. The highest BCUT2D eigenvalue weighted by molar-refractivity contribution is 5.78. The molecule has 4 rings (SSSR count). The molecule has 0 unspecified atom stereocenters. The van der Waals surface area contributed by atoms with Crippen LogP contribution in [0, 0.1) is 0 Å². The van der Waals surface area contributed by atoms with Crippen LogP contribution in [0.5, 0.6) is 0 Å². The Morgan fingerprint density at radius 1 is 1.15 bits per heavy atom. The Hall–Kier alpha value is -2.82. The van der Waals surface area contributed by atoms with Crippen LogP contribution in [0.15, 0.2) is 53.1 Å². The molecular weight excluding hydrogens is 252 g/mol. The average molecular weight is 264 g/mol. The van der Waals surface area contributed by atoms with Crippen LogP contribution in [0.1, 0.15) is 5.89 Å². The molecule has 2 N–H and O–H groups in total. The van der Waals surface area contributed by atoms with Crippen LogP contribution in [0.2, 0.25) is 0 Å². The molecule has 4 aromatic rings.